The van der Waals surface area contributed by atoms with Crippen molar-refractivity contribution in [1.29, 1.82) is 0 Å². The molecular formula is C12H13NO3. The van der Waals surface area contributed by atoms with Crippen molar-refractivity contribution in [1.82, 2.24) is 4.90 Å². The van der Waals surface area contributed by atoms with Crippen molar-refractivity contribution < 1.29 is 14.7 Å². The summed E-state index contributed by atoms with van der Waals surface area (Å²) in [4.78, 5) is 25.0. The lowest BCUT2D eigenvalue weighted by molar-refractivity contribution is 0.0537. The number of carbonyl (C=O) groups is 2. The van der Waals surface area contributed by atoms with Gasteiger partial charge in [0.2, 0.25) is 0 Å². The number of rotatable bonds is 2. The van der Waals surface area contributed by atoms with Crippen molar-refractivity contribution in [2.24, 2.45) is 0 Å². The first-order chi connectivity index (χ1) is 7.56. The SMILES string of the molecule is Cc1ccc2c(c1)C(=O)N([C@@H](C)CO)C2=O. The molecule has 0 fully saturated rings. The molecule has 0 aliphatic carbocycles. The molecule has 1 aromatic carbocycles. The Morgan fingerprint density at radius 2 is 1.88 bits per heavy atom. The predicted octanol–water partition coefficient (Wildman–Crippen LogP) is 0.972. The molecule has 4 nitrogen and oxygen atoms in total. The molecule has 1 N–H and O–H groups in total. The van der Waals surface area contributed by atoms with E-state index in [2.05, 4.69) is 0 Å². The van der Waals surface area contributed by atoms with Crippen LogP contribution in [0.5, 0.6) is 0 Å². The van der Waals surface area contributed by atoms with Crippen LogP contribution in [0.3, 0.4) is 0 Å². The van der Waals surface area contributed by atoms with Crippen LogP contribution in [-0.4, -0.2) is 34.5 Å². The van der Waals surface area contributed by atoms with E-state index in [1.807, 2.05) is 6.92 Å². The lowest BCUT2D eigenvalue weighted by Gasteiger charge is -2.19. The summed E-state index contributed by atoms with van der Waals surface area (Å²) in [6.45, 7) is 3.30. The number of nitrogens with zero attached hydrogens (tertiary/aromatic N) is 1. The van der Waals surface area contributed by atoms with Gasteiger partial charge in [-0.25, -0.2) is 0 Å². The number of benzene rings is 1. The highest BCUT2D eigenvalue weighted by Crippen LogP contribution is 2.25. The van der Waals surface area contributed by atoms with Gasteiger partial charge in [0.15, 0.2) is 0 Å². The zero-order chi connectivity index (χ0) is 11.9. The Balaban J connectivity index is 2.48. The molecule has 84 valence electrons. The van der Waals surface area contributed by atoms with Gasteiger partial charge in [0.1, 0.15) is 0 Å². The lowest BCUT2D eigenvalue weighted by atomic mass is 10.1. The zero-order valence-electron chi connectivity index (χ0n) is 9.23. The van der Waals surface area contributed by atoms with Crippen molar-refractivity contribution in [2.75, 3.05) is 6.61 Å². The Morgan fingerprint density at radius 1 is 1.25 bits per heavy atom. The third-order valence-electron chi connectivity index (χ3n) is 2.78. The molecule has 0 spiro atoms. The van der Waals surface area contributed by atoms with Crippen molar-refractivity contribution in [2.45, 2.75) is 19.9 Å². The second-order valence-corrected chi connectivity index (χ2v) is 4.06. The Morgan fingerprint density at radius 3 is 2.50 bits per heavy atom. The molecule has 16 heavy (non-hydrogen) atoms. The first kappa shape index (κ1) is 10.8. The maximum Gasteiger partial charge on any atom is 0.261 e. The van der Waals surface area contributed by atoms with E-state index in [0.717, 1.165) is 10.5 Å². The third kappa shape index (κ3) is 1.42. The van der Waals surface area contributed by atoms with E-state index in [-0.39, 0.29) is 18.4 Å². The van der Waals surface area contributed by atoms with Gasteiger partial charge in [0.25, 0.3) is 11.8 Å². The predicted molar refractivity (Wildman–Crippen MR) is 58.2 cm³/mol. The first-order valence-corrected chi connectivity index (χ1v) is 5.15. The Bertz CT molecular complexity index is 467. The van der Waals surface area contributed by atoms with Crippen LogP contribution < -0.4 is 0 Å². The summed E-state index contributed by atoms with van der Waals surface area (Å²) in [5.41, 5.74) is 1.81. The standard InChI is InChI=1S/C12H13NO3/c1-7-3-4-9-10(5-7)12(16)13(11(9)15)8(2)6-14/h3-5,8,14H,6H2,1-2H3/t8-/m0/s1. The molecule has 0 unspecified atom stereocenters. The van der Waals surface area contributed by atoms with Crippen LogP contribution in [0, 0.1) is 6.92 Å². The second kappa shape index (κ2) is 3.72. The zero-order valence-corrected chi connectivity index (χ0v) is 9.23. The van der Waals surface area contributed by atoms with Gasteiger partial charge in [-0.2, -0.15) is 0 Å². The fourth-order valence-corrected chi connectivity index (χ4v) is 1.86. The van der Waals surface area contributed by atoms with E-state index in [1.165, 1.54) is 0 Å². The fraction of sp³-hybridized carbons (Fsp3) is 0.333. The van der Waals surface area contributed by atoms with Crippen molar-refractivity contribution in [3.63, 3.8) is 0 Å². The summed E-state index contributed by atoms with van der Waals surface area (Å²) in [5, 5.41) is 9.02. The van der Waals surface area contributed by atoms with Gasteiger partial charge < -0.3 is 5.11 Å². The molecule has 0 saturated carbocycles. The van der Waals surface area contributed by atoms with E-state index in [0.29, 0.717) is 11.1 Å². The average Bonchev–Trinajstić information content (AvgIpc) is 2.51. The van der Waals surface area contributed by atoms with Crippen molar-refractivity contribution >= 4 is 11.8 Å². The Hall–Kier alpha value is -1.68. The number of imide groups is 1. The van der Waals surface area contributed by atoms with Crippen LogP contribution >= 0.6 is 0 Å². The van der Waals surface area contributed by atoms with Gasteiger partial charge >= 0.3 is 0 Å². The minimum atomic E-state index is -0.479. The summed E-state index contributed by atoms with van der Waals surface area (Å²) in [7, 11) is 0. The van der Waals surface area contributed by atoms with E-state index >= 15 is 0 Å². The van der Waals surface area contributed by atoms with Crippen LogP contribution in [0.25, 0.3) is 0 Å². The third-order valence-corrected chi connectivity index (χ3v) is 2.78. The van der Waals surface area contributed by atoms with Crippen LogP contribution in [-0.2, 0) is 0 Å². The van der Waals surface area contributed by atoms with Gasteiger partial charge in [-0.1, -0.05) is 11.6 Å². The van der Waals surface area contributed by atoms with Gasteiger partial charge in [0.05, 0.1) is 23.8 Å². The van der Waals surface area contributed by atoms with Crippen LogP contribution in [0.2, 0.25) is 0 Å². The molecule has 4 heteroatoms. The number of aryl methyl sites for hydroxylation is 1. The minimum absolute atomic E-state index is 0.218. The summed E-state index contributed by atoms with van der Waals surface area (Å²) in [6, 6.07) is 4.69. The topological polar surface area (TPSA) is 57.6 Å². The number of hydrogen-bond acceptors (Lipinski definition) is 3. The second-order valence-electron chi connectivity index (χ2n) is 4.06. The van der Waals surface area contributed by atoms with Gasteiger partial charge in [-0.05, 0) is 26.0 Å². The fourth-order valence-electron chi connectivity index (χ4n) is 1.86. The average molecular weight is 219 g/mol. The van der Waals surface area contributed by atoms with Crippen molar-refractivity contribution in [3.05, 3.63) is 34.9 Å². The quantitative estimate of drug-likeness (QED) is 0.754. The largest absolute Gasteiger partial charge is 0.394 e. The van der Waals surface area contributed by atoms with E-state index < -0.39 is 6.04 Å². The molecule has 0 radical (unpaired) electrons. The normalized spacial score (nSPS) is 16.6. The molecule has 1 heterocycles. The van der Waals surface area contributed by atoms with Crippen molar-refractivity contribution in [3.8, 4) is 0 Å². The molecule has 2 amide bonds. The first-order valence-electron chi connectivity index (χ1n) is 5.15. The number of aliphatic hydroxyl groups is 1. The summed E-state index contributed by atoms with van der Waals surface area (Å²) >= 11 is 0. The molecule has 1 aliphatic heterocycles. The van der Waals surface area contributed by atoms with E-state index in [9.17, 15) is 9.59 Å². The van der Waals surface area contributed by atoms with Crippen LogP contribution in [0.15, 0.2) is 18.2 Å². The van der Waals surface area contributed by atoms with E-state index in [4.69, 9.17) is 5.11 Å². The van der Waals surface area contributed by atoms with Gasteiger partial charge in [0, 0.05) is 0 Å². The molecule has 0 saturated heterocycles. The number of aliphatic hydroxyl groups excluding tert-OH is 1. The summed E-state index contributed by atoms with van der Waals surface area (Å²) < 4.78 is 0. The molecule has 1 aromatic rings. The lowest BCUT2D eigenvalue weighted by Crippen LogP contribution is -2.40. The molecule has 0 bridgehead atoms. The number of hydrogen-bond donors (Lipinski definition) is 1. The van der Waals surface area contributed by atoms with Gasteiger partial charge in [-0.15, -0.1) is 0 Å². The molecular weight excluding hydrogens is 206 g/mol. The van der Waals surface area contributed by atoms with E-state index in [1.54, 1.807) is 25.1 Å². The monoisotopic (exact) mass is 219 g/mol. The van der Waals surface area contributed by atoms with Crippen LogP contribution in [0.1, 0.15) is 33.2 Å². The minimum Gasteiger partial charge on any atom is -0.394 e. The number of fused-ring (bicyclic) bond motifs is 1. The summed E-state index contributed by atoms with van der Waals surface area (Å²) in [5.74, 6) is -0.633. The Kier molecular flexibility index (Phi) is 2.52. The highest BCUT2D eigenvalue weighted by Gasteiger charge is 2.37. The molecule has 1 atom stereocenters. The smallest absolute Gasteiger partial charge is 0.261 e. The Labute approximate surface area is 93.5 Å². The maximum absolute atomic E-state index is 12.0. The molecule has 0 aromatic heterocycles. The maximum atomic E-state index is 12.0. The molecule has 1 aliphatic rings. The van der Waals surface area contributed by atoms with Gasteiger partial charge in [-0.3, -0.25) is 14.5 Å². The highest BCUT2D eigenvalue weighted by molar-refractivity contribution is 6.21. The summed E-state index contributed by atoms with van der Waals surface area (Å²) in [6.07, 6.45) is 0. The highest BCUT2D eigenvalue weighted by atomic mass is 16.3. The van der Waals surface area contributed by atoms with Crippen LogP contribution in [0.4, 0.5) is 0 Å². The number of amides is 2. The number of carbonyl (C=O) groups excluding carboxylic acids is 2. The molecule has 2 rings (SSSR count).